The van der Waals surface area contributed by atoms with E-state index < -0.39 is 5.91 Å². The molecule has 0 aliphatic carbocycles. The highest BCUT2D eigenvalue weighted by Gasteiger charge is 2.06. The van der Waals surface area contributed by atoms with Crippen molar-refractivity contribution in [2.45, 2.75) is 0 Å². The predicted octanol–water partition coefficient (Wildman–Crippen LogP) is 2.79. The van der Waals surface area contributed by atoms with Crippen LogP contribution in [0.1, 0.15) is 5.56 Å². The van der Waals surface area contributed by atoms with Crippen LogP contribution in [0.5, 0.6) is 0 Å². The number of para-hydroxylation sites is 2. The lowest BCUT2D eigenvalue weighted by Gasteiger charge is -1.98. The molecule has 0 bridgehead atoms. The number of nitrogens with two attached hydrogens (primary N) is 1. The molecule has 114 valence electrons. The van der Waals surface area contributed by atoms with Crippen molar-refractivity contribution in [1.82, 2.24) is 4.98 Å². The Morgan fingerprint density at radius 1 is 1.13 bits per heavy atom. The van der Waals surface area contributed by atoms with E-state index in [0.717, 1.165) is 5.56 Å². The minimum Gasteiger partial charge on any atom is -0.423 e. The summed E-state index contributed by atoms with van der Waals surface area (Å²) in [5, 5.41) is 2.66. The number of aliphatic imine (C=N–C) groups is 1. The molecular formula is C17H14N4O2. The molecule has 3 N–H and O–H groups in total. The second kappa shape index (κ2) is 6.57. The van der Waals surface area contributed by atoms with Crippen molar-refractivity contribution in [2.24, 2.45) is 10.7 Å². The molecule has 2 aromatic carbocycles. The molecule has 0 spiro atoms. The van der Waals surface area contributed by atoms with Gasteiger partial charge in [-0.15, -0.1) is 0 Å². The number of guanidine groups is 1. The second-order valence-corrected chi connectivity index (χ2v) is 4.69. The van der Waals surface area contributed by atoms with Gasteiger partial charge in [-0.25, -0.2) is 0 Å². The van der Waals surface area contributed by atoms with E-state index in [4.69, 9.17) is 10.2 Å². The van der Waals surface area contributed by atoms with Crippen LogP contribution < -0.4 is 11.1 Å². The summed E-state index contributed by atoms with van der Waals surface area (Å²) >= 11 is 0. The smallest absolute Gasteiger partial charge is 0.302 e. The number of rotatable bonds is 3. The van der Waals surface area contributed by atoms with Gasteiger partial charge in [0.2, 0.25) is 5.96 Å². The van der Waals surface area contributed by atoms with Crippen LogP contribution in [0.2, 0.25) is 0 Å². The van der Waals surface area contributed by atoms with Crippen molar-refractivity contribution in [2.75, 3.05) is 5.32 Å². The summed E-state index contributed by atoms with van der Waals surface area (Å²) in [7, 11) is 0. The lowest BCUT2D eigenvalue weighted by molar-refractivity contribution is -0.113. The summed E-state index contributed by atoms with van der Waals surface area (Å²) in [5.74, 6) is -0.561. The Bertz CT molecular complexity index is 849. The first-order chi connectivity index (χ1) is 11.2. The van der Waals surface area contributed by atoms with Crippen molar-refractivity contribution in [1.29, 1.82) is 0 Å². The van der Waals surface area contributed by atoms with E-state index in [1.54, 1.807) is 12.1 Å². The number of anilines is 1. The minimum atomic E-state index is -0.477. The number of oxazole rings is 1. The maximum absolute atomic E-state index is 11.7. The van der Waals surface area contributed by atoms with Crippen LogP contribution in [0.4, 0.5) is 6.01 Å². The third-order valence-corrected chi connectivity index (χ3v) is 2.98. The summed E-state index contributed by atoms with van der Waals surface area (Å²) < 4.78 is 5.44. The third kappa shape index (κ3) is 3.82. The van der Waals surface area contributed by atoms with Crippen LogP contribution in [0, 0.1) is 0 Å². The number of hydrogen-bond donors (Lipinski definition) is 2. The summed E-state index contributed by atoms with van der Waals surface area (Å²) in [6.45, 7) is 0. The molecule has 1 aromatic heterocycles. The number of amides is 1. The maximum Gasteiger partial charge on any atom is 0.302 e. The maximum atomic E-state index is 11.7. The fraction of sp³-hybridized carbons (Fsp3) is 0. The Hall–Kier alpha value is -3.41. The molecule has 0 saturated carbocycles. The van der Waals surface area contributed by atoms with E-state index in [2.05, 4.69) is 15.3 Å². The number of aromatic nitrogens is 1. The molecule has 0 aliphatic rings. The van der Waals surface area contributed by atoms with Crippen molar-refractivity contribution in [3.8, 4) is 0 Å². The average Bonchev–Trinajstić information content (AvgIpc) is 2.96. The Kier molecular flexibility index (Phi) is 4.15. The largest absolute Gasteiger partial charge is 0.423 e. The molecule has 6 heteroatoms. The quantitative estimate of drug-likeness (QED) is 0.441. The highest BCUT2D eigenvalue weighted by atomic mass is 16.4. The molecule has 6 nitrogen and oxygen atoms in total. The van der Waals surface area contributed by atoms with E-state index in [9.17, 15) is 4.79 Å². The first-order valence-electron chi connectivity index (χ1n) is 6.94. The van der Waals surface area contributed by atoms with Crippen LogP contribution >= 0.6 is 0 Å². The van der Waals surface area contributed by atoms with Gasteiger partial charge in [0, 0.05) is 6.08 Å². The van der Waals surface area contributed by atoms with Gasteiger partial charge in [0.1, 0.15) is 5.52 Å². The first kappa shape index (κ1) is 14.5. The van der Waals surface area contributed by atoms with Crippen LogP contribution in [0.15, 0.2) is 70.1 Å². The molecule has 0 unspecified atom stereocenters. The Labute approximate surface area is 132 Å². The molecule has 0 fully saturated rings. The monoisotopic (exact) mass is 306 g/mol. The zero-order valence-electron chi connectivity index (χ0n) is 12.1. The highest BCUT2D eigenvalue weighted by Crippen LogP contribution is 2.17. The zero-order valence-corrected chi connectivity index (χ0v) is 12.1. The SMILES string of the molecule is N/C(=N\C(=O)/C=C/c1ccccc1)Nc1nc2ccccc2o1. The summed E-state index contributed by atoms with van der Waals surface area (Å²) in [6.07, 6.45) is 3.01. The van der Waals surface area contributed by atoms with Crippen molar-refractivity contribution < 1.29 is 9.21 Å². The molecule has 3 aromatic rings. The standard InChI is InChI=1S/C17H14N4O2/c18-16(20-15(22)11-10-12-6-2-1-3-7-12)21-17-19-13-8-4-5-9-14(13)23-17/h1-11H,(H3,18,19,20,21,22)/b11-10+. The van der Waals surface area contributed by atoms with Crippen LogP contribution in [0.3, 0.4) is 0 Å². The van der Waals surface area contributed by atoms with Gasteiger partial charge in [-0.2, -0.15) is 9.98 Å². The molecule has 3 rings (SSSR count). The molecule has 0 atom stereocenters. The number of carbonyl (C=O) groups excluding carboxylic acids is 1. The molecule has 0 saturated heterocycles. The summed E-state index contributed by atoms with van der Waals surface area (Å²) in [4.78, 5) is 19.6. The molecule has 23 heavy (non-hydrogen) atoms. The van der Waals surface area contributed by atoms with Gasteiger partial charge >= 0.3 is 6.01 Å². The van der Waals surface area contributed by atoms with Crippen molar-refractivity contribution >= 4 is 35.1 Å². The predicted molar refractivity (Wildman–Crippen MR) is 89.7 cm³/mol. The lowest BCUT2D eigenvalue weighted by atomic mass is 10.2. The van der Waals surface area contributed by atoms with E-state index >= 15 is 0 Å². The first-order valence-corrected chi connectivity index (χ1v) is 6.94. The molecular weight excluding hydrogens is 292 g/mol. The van der Waals surface area contributed by atoms with Gasteiger partial charge in [-0.3, -0.25) is 10.1 Å². The van der Waals surface area contributed by atoms with Gasteiger partial charge in [0.15, 0.2) is 5.58 Å². The number of benzene rings is 2. The van der Waals surface area contributed by atoms with Crippen LogP contribution in [0.25, 0.3) is 17.2 Å². The average molecular weight is 306 g/mol. The molecule has 1 heterocycles. The Morgan fingerprint density at radius 3 is 2.65 bits per heavy atom. The highest BCUT2D eigenvalue weighted by molar-refractivity contribution is 6.04. The molecule has 0 radical (unpaired) electrons. The molecule has 1 amide bonds. The minimum absolute atomic E-state index is 0.0840. The van der Waals surface area contributed by atoms with Crippen LogP contribution in [-0.4, -0.2) is 16.9 Å². The lowest BCUT2D eigenvalue weighted by Crippen LogP contribution is -2.23. The van der Waals surface area contributed by atoms with Gasteiger partial charge in [-0.1, -0.05) is 42.5 Å². The van der Waals surface area contributed by atoms with Gasteiger partial charge in [0.05, 0.1) is 0 Å². The topological polar surface area (TPSA) is 93.5 Å². The van der Waals surface area contributed by atoms with E-state index in [0.29, 0.717) is 11.1 Å². The Morgan fingerprint density at radius 2 is 1.87 bits per heavy atom. The van der Waals surface area contributed by atoms with Crippen LogP contribution in [-0.2, 0) is 4.79 Å². The van der Waals surface area contributed by atoms with Gasteiger partial charge in [-0.05, 0) is 23.8 Å². The fourth-order valence-electron chi connectivity index (χ4n) is 1.95. The van der Waals surface area contributed by atoms with E-state index in [1.165, 1.54) is 6.08 Å². The van der Waals surface area contributed by atoms with Crippen molar-refractivity contribution in [3.63, 3.8) is 0 Å². The normalized spacial score (nSPS) is 11.9. The van der Waals surface area contributed by atoms with Gasteiger partial charge < -0.3 is 10.2 Å². The Balaban J connectivity index is 1.67. The molecule has 0 aliphatic heterocycles. The summed E-state index contributed by atoms with van der Waals surface area (Å²) in [5.41, 5.74) is 7.90. The number of fused-ring (bicyclic) bond motifs is 1. The van der Waals surface area contributed by atoms with Gasteiger partial charge in [0.25, 0.3) is 5.91 Å². The van der Waals surface area contributed by atoms with E-state index in [1.807, 2.05) is 48.5 Å². The third-order valence-electron chi connectivity index (χ3n) is 2.98. The summed E-state index contributed by atoms with van der Waals surface area (Å²) in [6, 6.07) is 16.9. The number of hydrogen-bond acceptors (Lipinski definition) is 3. The van der Waals surface area contributed by atoms with Crippen molar-refractivity contribution in [3.05, 3.63) is 66.2 Å². The fourth-order valence-corrected chi connectivity index (χ4v) is 1.95. The zero-order chi connectivity index (χ0) is 16.1. The number of nitrogens with zero attached hydrogens (tertiary/aromatic N) is 2. The number of nitrogens with one attached hydrogen (secondary N) is 1. The van der Waals surface area contributed by atoms with E-state index in [-0.39, 0.29) is 12.0 Å². The second-order valence-electron chi connectivity index (χ2n) is 4.69. The number of carbonyl (C=O) groups is 1.